The molecule has 1 aliphatic rings. The van der Waals surface area contributed by atoms with Gasteiger partial charge in [-0.2, -0.15) is 0 Å². The lowest BCUT2D eigenvalue weighted by molar-refractivity contribution is 0.765. The summed E-state index contributed by atoms with van der Waals surface area (Å²) in [5.41, 5.74) is 10.3. The average Bonchev–Trinajstić information content (AvgIpc) is 3.27. The fourth-order valence-electron chi connectivity index (χ4n) is 5.37. The van der Waals surface area contributed by atoms with E-state index >= 15 is 0 Å². The first-order valence-electron chi connectivity index (χ1n) is 13.1. The molecule has 0 amide bonds. The van der Waals surface area contributed by atoms with E-state index < -0.39 is 0 Å². The topological polar surface area (TPSA) is 0 Å². The minimum absolute atomic E-state index is 0.302. The molecule has 0 nitrogen and oxygen atoms in total. The second kappa shape index (κ2) is 11.5. The second-order valence-electron chi connectivity index (χ2n) is 10.0. The van der Waals surface area contributed by atoms with Gasteiger partial charge in [-0.15, -0.1) is 0 Å². The fraction of sp³-hybridized carbons (Fsp3) is 0.438. The van der Waals surface area contributed by atoms with Crippen molar-refractivity contribution in [3.63, 3.8) is 0 Å². The number of hydrogen-bond donors (Lipinski definition) is 0. The van der Waals surface area contributed by atoms with E-state index in [0.717, 1.165) is 0 Å². The molecule has 0 spiro atoms. The van der Waals surface area contributed by atoms with E-state index in [1.165, 1.54) is 62.5 Å². The lowest BCUT2D eigenvalue weighted by atomic mass is 10.0. The Kier molecular flexibility index (Phi) is 8.43. The van der Waals surface area contributed by atoms with Crippen molar-refractivity contribution in [2.45, 2.75) is 90.4 Å². The highest BCUT2D eigenvalue weighted by molar-refractivity contribution is 7.66. The van der Waals surface area contributed by atoms with Gasteiger partial charge in [0.1, 0.15) is 0 Å². The third-order valence-electron chi connectivity index (χ3n) is 7.35. The van der Waals surface area contributed by atoms with E-state index in [9.17, 15) is 0 Å². The summed E-state index contributed by atoms with van der Waals surface area (Å²) >= 11 is 0. The van der Waals surface area contributed by atoms with Gasteiger partial charge in [0.15, 0.2) is 0 Å². The van der Waals surface area contributed by atoms with Gasteiger partial charge in [-0.25, -0.2) is 0 Å². The van der Waals surface area contributed by atoms with Gasteiger partial charge in [-0.1, -0.05) is 112 Å². The van der Waals surface area contributed by atoms with E-state index in [0.29, 0.717) is 11.3 Å². The normalized spacial score (nSPS) is 20.3. The zero-order valence-corrected chi connectivity index (χ0v) is 22.0. The van der Waals surface area contributed by atoms with E-state index in [-0.39, 0.29) is 7.92 Å². The highest BCUT2D eigenvalue weighted by Gasteiger charge is 2.39. The highest BCUT2D eigenvalue weighted by atomic mass is 31.1. The summed E-state index contributed by atoms with van der Waals surface area (Å²) in [6.07, 6.45) is 10.2. The van der Waals surface area contributed by atoms with Crippen molar-refractivity contribution in [2.75, 3.05) is 0 Å². The summed E-state index contributed by atoms with van der Waals surface area (Å²) in [6, 6.07) is 26.5. The molecule has 33 heavy (non-hydrogen) atoms. The first kappa shape index (κ1) is 24.2. The summed E-state index contributed by atoms with van der Waals surface area (Å²) in [5, 5.41) is 1.69. The molecule has 3 aromatic rings. The molecular formula is C32H41P. The van der Waals surface area contributed by atoms with Crippen LogP contribution in [0.1, 0.15) is 97.1 Å². The van der Waals surface area contributed by atoms with Crippen LogP contribution in [-0.2, 0) is 12.8 Å². The Bertz CT molecular complexity index is 962. The first-order valence-corrected chi connectivity index (χ1v) is 14.6. The summed E-state index contributed by atoms with van der Waals surface area (Å²) < 4.78 is 0. The van der Waals surface area contributed by atoms with Gasteiger partial charge >= 0.3 is 0 Å². The molecular weight excluding hydrogens is 415 g/mol. The Labute approximate surface area is 203 Å². The van der Waals surface area contributed by atoms with Crippen molar-refractivity contribution < 1.29 is 0 Å². The molecule has 1 saturated heterocycles. The molecule has 1 fully saturated rings. The van der Waals surface area contributed by atoms with Gasteiger partial charge in [0, 0.05) is 11.3 Å². The van der Waals surface area contributed by atoms with Crippen LogP contribution in [0.5, 0.6) is 0 Å². The van der Waals surface area contributed by atoms with Crippen molar-refractivity contribution >= 4 is 13.2 Å². The van der Waals surface area contributed by atoms with Crippen LogP contribution in [0.15, 0.2) is 66.7 Å². The number of hydrogen-bond acceptors (Lipinski definition) is 0. The molecule has 2 atom stereocenters. The highest BCUT2D eigenvalue weighted by Crippen LogP contribution is 2.69. The quantitative estimate of drug-likeness (QED) is 0.281. The van der Waals surface area contributed by atoms with Gasteiger partial charge < -0.3 is 0 Å². The van der Waals surface area contributed by atoms with Crippen LogP contribution in [0.25, 0.3) is 0 Å². The number of rotatable bonds is 9. The maximum Gasteiger partial charge on any atom is 0.00878 e. The lowest BCUT2D eigenvalue weighted by Crippen LogP contribution is -2.14. The van der Waals surface area contributed by atoms with Crippen molar-refractivity contribution in [3.05, 3.63) is 100 Å². The summed E-state index contributed by atoms with van der Waals surface area (Å²) in [6.45, 7) is 9.03. The molecule has 1 heterocycles. The molecule has 0 radical (unpaired) electrons. The Morgan fingerprint density at radius 2 is 1.18 bits per heavy atom. The monoisotopic (exact) mass is 456 g/mol. The maximum absolute atomic E-state index is 2.58. The predicted molar refractivity (Wildman–Crippen MR) is 147 cm³/mol. The first-order chi connectivity index (χ1) is 16.1. The number of aryl methyl sites for hydroxylation is 4. The van der Waals surface area contributed by atoms with Crippen LogP contribution in [0.3, 0.4) is 0 Å². The average molecular weight is 457 g/mol. The van der Waals surface area contributed by atoms with Gasteiger partial charge in [0.25, 0.3) is 0 Å². The summed E-state index contributed by atoms with van der Waals surface area (Å²) in [7, 11) is -0.302. The van der Waals surface area contributed by atoms with Gasteiger partial charge in [-0.05, 0) is 79.9 Å². The van der Waals surface area contributed by atoms with Crippen molar-refractivity contribution in [1.29, 1.82) is 0 Å². The molecule has 4 rings (SSSR count). The number of unbranched alkanes of at least 4 members (excludes halogenated alkanes) is 2. The third kappa shape index (κ3) is 5.78. The summed E-state index contributed by atoms with van der Waals surface area (Å²) in [5.74, 6) is 0. The third-order valence-corrected chi connectivity index (χ3v) is 10.8. The van der Waals surface area contributed by atoms with Gasteiger partial charge in [-0.3, -0.25) is 0 Å². The van der Waals surface area contributed by atoms with Crippen LogP contribution in [0, 0.1) is 13.8 Å². The van der Waals surface area contributed by atoms with Crippen molar-refractivity contribution in [3.8, 4) is 0 Å². The molecule has 0 aliphatic carbocycles. The minimum Gasteiger partial charge on any atom is -0.0654 e. The minimum atomic E-state index is -0.302. The van der Waals surface area contributed by atoms with Crippen LogP contribution in [0.4, 0.5) is 0 Å². The Morgan fingerprint density at radius 3 is 1.70 bits per heavy atom. The maximum atomic E-state index is 2.58. The predicted octanol–water partition coefficient (Wildman–Crippen LogP) is 9.37. The molecule has 1 heteroatoms. The van der Waals surface area contributed by atoms with Crippen LogP contribution in [-0.4, -0.2) is 0 Å². The Morgan fingerprint density at radius 1 is 0.667 bits per heavy atom. The van der Waals surface area contributed by atoms with Crippen LogP contribution < -0.4 is 5.30 Å². The van der Waals surface area contributed by atoms with E-state index in [4.69, 9.17) is 0 Å². The zero-order valence-electron chi connectivity index (χ0n) is 21.1. The van der Waals surface area contributed by atoms with E-state index in [1.807, 2.05) is 0 Å². The van der Waals surface area contributed by atoms with Gasteiger partial charge in [0.2, 0.25) is 0 Å². The smallest absolute Gasteiger partial charge is 0.00878 e. The van der Waals surface area contributed by atoms with Crippen LogP contribution in [0.2, 0.25) is 0 Å². The summed E-state index contributed by atoms with van der Waals surface area (Å²) in [4.78, 5) is 0. The fourth-order valence-corrected chi connectivity index (χ4v) is 9.08. The standard InChI is InChI=1S/C32H41P/c1-5-7-9-26-15-20-32(29(23-26)10-8-6-2)33-30(27-16-11-24(3)12-17-27)21-22-31(33)28-18-13-25(4)14-19-28/h11-20,23,30-31H,5-10,21-22H2,1-4H3. The van der Waals surface area contributed by atoms with Gasteiger partial charge in [0.05, 0.1) is 0 Å². The molecule has 0 saturated carbocycles. The molecule has 3 aromatic carbocycles. The van der Waals surface area contributed by atoms with E-state index in [1.54, 1.807) is 27.6 Å². The second-order valence-corrected chi connectivity index (χ2v) is 12.6. The van der Waals surface area contributed by atoms with Crippen molar-refractivity contribution in [1.82, 2.24) is 0 Å². The number of benzene rings is 3. The van der Waals surface area contributed by atoms with E-state index in [2.05, 4.69) is 94.4 Å². The Balaban J connectivity index is 1.78. The SMILES string of the molecule is CCCCc1ccc(P2C(c3ccc(C)cc3)CCC2c2ccc(C)cc2)c(CCCC)c1. The van der Waals surface area contributed by atoms with Crippen molar-refractivity contribution in [2.24, 2.45) is 0 Å². The zero-order chi connectivity index (χ0) is 23.2. The molecule has 174 valence electrons. The molecule has 0 bridgehead atoms. The Hall–Kier alpha value is -1.91. The largest absolute Gasteiger partial charge is 0.0654 e. The molecule has 0 N–H and O–H groups in total. The lowest BCUT2D eigenvalue weighted by Gasteiger charge is -2.30. The molecule has 1 aliphatic heterocycles. The molecule has 0 aromatic heterocycles. The molecule has 2 unspecified atom stereocenters. The van der Waals surface area contributed by atoms with Crippen LogP contribution >= 0.6 is 7.92 Å².